The first-order valence-electron chi connectivity index (χ1n) is 9.20. The highest BCUT2D eigenvalue weighted by atomic mass is 16.5. The summed E-state index contributed by atoms with van der Waals surface area (Å²) >= 11 is 0. The molecule has 1 fully saturated rings. The van der Waals surface area contributed by atoms with E-state index in [2.05, 4.69) is 40.4 Å². The third kappa shape index (κ3) is 2.57. The van der Waals surface area contributed by atoms with E-state index >= 15 is 0 Å². The van der Waals surface area contributed by atoms with Crippen molar-refractivity contribution in [3.05, 3.63) is 52.8 Å². The second-order valence-corrected chi connectivity index (χ2v) is 7.25. The zero-order valence-corrected chi connectivity index (χ0v) is 14.6. The lowest BCUT2D eigenvalue weighted by atomic mass is 9.88. The van der Waals surface area contributed by atoms with Crippen LogP contribution in [0.2, 0.25) is 0 Å². The first-order valence-corrected chi connectivity index (χ1v) is 9.20. The van der Waals surface area contributed by atoms with Gasteiger partial charge in [0.2, 0.25) is 0 Å². The van der Waals surface area contributed by atoms with Crippen LogP contribution in [0.25, 0.3) is 22.2 Å². The number of hydrogen-bond donors (Lipinski definition) is 2. The van der Waals surface area contributed by atoms with Gasteiger partial charge in [0.25, 0.3) is 0 Å². The number of nitrogens with zero attached hydrogens (tertiary/aromatic N) is 1. The standard InChI is InChI=1S/C21H23N3O/c1-13-10-23-21-18(13)9-15(11-24-21)14-7-16-12-25-6-4-17(16)19(8-14)20-3-2-5-22-20/h7-11,20,22H,2-6,12H2,1H3,(H,23,24). The SMILES string of the molecule is Cc1c[nH]c2ncc(-c3cc4c(c(C5CCCN5)c3)CCOC4)cc12. The monoisotopic (exact) mass is 333 g/mol. The predicted octanol–water partition coefficient (Wildman–Crippen LogP) is 4.04. The van der Waals surface area contributed by atoms with Gasteiger partial charge in [0.15, 0.2) is 0 Å². The number of hydrogen-bond acceptors (Lipinski definition) is 3. The molecule has 128 valence electrons. The van der Waals surface area contributed by atoms with Gasteiger partial charge in [0, 0.05) is 29.4 Å². The Kier molecular flexibility index (Phi) is 3.61. The van der Waals surface area contributed by atoms with Crippen molar-refractivity contribution in [3.63, 3.8) is 0 Å². The molecular formula is C21H23N3O. The van der Waals surface area contributed by atoms with Gasteiger partial charge in [0.05, 0.1) is 13.2 Å². The molecule has 1 unspecified atom stereocenters. The normalized spacial score (nSPS) is 20.1. The van der Waals surface area contributed by atoms with Crippen molar-refractivity contribution in [2.24, 2.45) is 0 Å². The van der Waals surface area contributed by atoms with Crippen LogP contribution in [-0.2, 0) is 17.8 Å². The van der Waals surface area contributed by atoms with E-state index in [9.17, 15) is 0 Å². The molecule has 25 heavy (non-hydrogen) atoms. The molecular weight excluding hydrogens is 310 g/mol. The Morgan fingerprint density at radius 1 is 1.20 bits per heavy atom. The number of aromatic amines is 1. The van der Waals surface area contributed by atoms with Crippen LogP contribution in [0.15, 0.2) is 30.6 Å². The lowest BCUT2D eigenvalue weighted by Crippen LogP contribution is -2.19. The minimum absolute atomic E-state index is 0.484. The Labute approximate surface area is 147 Å². The van der Waals surface area contributed by atoms with E-state index in [0.29, 0.717) is 6.04 Å². The maximum absolute atomic E-state index is 5.74. The molecule has 0 aliphatic carbocycles. The van der Waals surface area contributed by atoms with Crippen LogP contribution in [0, 0.1) is 6.92 Å². The van der Waals surface area contributed by atoms with Crippen LogP contribution in [0.4, 0.5) is 0 Å². The van der Waals surface area contributed by atoms with Gasteiger partial charge in [-0.25, -0.2) is 4.98 Å². The van der Waals surface area contributed by atoms with E-state index in [0.717, 1.165) is 31.8 Å². The average molecular weight is 333 g/mol. The molecule has 0 spiro atoms. The van der Waals surface area contributed by atoms with Crippen molar-refractivity contribution >= 4 is 11.0 Å². The van der Waals surface area contributed by atoms with Crippen molar-refractivity contribution in [2.75, 3.05) is 13.2 Å². The van der Waals surface area contributed by atoms with Gasteiger partial charge in [-0.2, -0.15) is 0 Å². The Morgan fingerprint density at radius 2 is 2.16 bits per heavy atom. The smallest absolute Gasteiger partial charge is 0.137 e. The Morgan fingerprint density at radius 3 is 3.04 bits per heavy atom. The van der Waals surface area contributed by atoms with Crippen molar-refractivity contribution in [3.8, 4) is 11.1 Å². The van der Waals surface area contributed by atoms with Gasteiger partial charge in [0.1, 0.15) is 5.65 Å². The number of aryl methyl sites for hydroxylation is 1. The molecule has 2 aliphatic heterocycles. The molecule has 2 aliphatic rings. The summed E-state index contributed by atoms with van der Waals surface area (Å²) in [6, 6.07) is 7.43. The number of pyridine rings is 1. The van der Waals surface area contributed by atoms with Crippen LogP contribution < -0.4 is 5.32 Å². The van der Waals surface area contributed by atoms with Crippen LogP contribution in [0.1, 0.15) is 41.1 Å². The Bertz CT molecular complexity index is 938. The van der Waals surface area contributed by atoms with Gasteiger partial charge in [-0.1, -0.05) is 0 Å². The zero-order chi connectivity index (χ0) is 16.8. The number of fused-ring (bicyclic) bond motifs is 2. The van der Waals surface area contributed by atoms with Crippen LogP contribution in [0.5, 0.6) is 0 Å². The van der Waals surface area contributed by atoms with Crippen LogP contribution in [-0.4, -0.2) is 23.1 Å². The van der Waals surface area contributed by atoms with Crippen molar-refractivity contribution in [1.82, 2.24) is 15.3 Å². The summed E-state index contributed by atoms with van der Waals surface area (Å²) in [7, 11) is 0. The molecule has 0 radical (unpaired) electrons. The fourth-order valence-corrected chi connectivity index (χ4v) is 4.27. The number of rotatable bonds is 2. The summed E-state index contributed by atoms with van der Waals surface area (Å²) in [5.74, 6) is 0. The Balaban J connectivity index is 1.66. The molecule has 1 aromatic carbocycles. The van der Waals surface area contributed by atoms with E-state index in [1.165, 1.54) is 51.6 Å². The van der Waals surface area contributed by atoms with Gasteiger partial charge < -0.3 is 15.0 Å². The average Bonchev–Trinajstić information content (AvgIpc) is 3.31. The highest BCUT2D eigenvalue weighted by Crippen LogP contribution is 2.35. The van der Waals surface area contributed by atoms with Crippen LogP contribution in [0.3, 0.4) is 0 Å². The number of nitrogens with one attached hydrogen (secondary N) is 2. The molecule has 5 rings (SSSR count). The van der Waals surface area contributed by atoms with Gasteiger partial charge >= 0.3 is 0 Å². The summed E-state index contributed by atoms with van der Waals surface area (Å²) in [5.41, 5.74) is 8.95. The fourth-order valence-electron chi connectivity index (χ4n) is 4.27. The first kappa shape index (κ1) is 15.1. The topological polar surface area (TPSA) is 49.9 Å². The highest BCUT2D eigenvalue weighted by Gasteiger charge is 2.24. The number of H-pyrrole nitrogens is 1. The number of aromatic nitrogens is 2. The molecule has 4 heteroatoms. The van der Waals surface area contributed by atoms with E-state index in [1.54, 1.807) is 0 Å². The van der Waals surface area contributed by atoms with E-state index in [4.69, 9.17) is 4.74 Å². The van der Waals surface area contributed by atoms with Gasteiger partial charge in [-0.05, 0) is 78.7 Å². The van der Waals surface area contributed by atoms with Crippen molar-refractivity contribution < 1.29 is 4.74 Å². The van der Waals surface area contributed by atoms with Gasteiger partial charge in [-0.3, -0.25) is 0 Å². The minimum Gasteiger partial charge on any atom is -0.376 e. The molecule has 1 atom stereocenters. The predicted molar refractivity (Wildman–Crippen MR) is 99.6 cm³/mol. The van der Waals surface area contributed by atoms with Crippen molar-refractivity contribution in [1.29, 1.82) is 0 Å². The molecule has 2 N–H and O–H groups in total. The summed E-state index contributed by atoms with van der Waals surface area (Å²) in [6.07, 6.45) is 7.52. The van der Waals surface area contributed by atoms with Crippen molar-refractivity contribution in [2.45, 2.75) is 38.8 Å². The maximum Gasteiger partial charge on any atom is 0.137 e. The quantitative estimate of drug-likeness (QED) is 0.744. The molecule has 3 aromatic rings. The van der Waals surface area contributed by atoms with Crippen LogP contribution >= 0.6 is 0 Å². The van der Waals surface area contributed by atoms with E-state index < -0.39 is 0 Å². The molecule has 0 bridgehead atoms. The van der Waals surface area contributed by atoms with E-state index in [1.807, 2.05) is 12.4 Å². The first-order chi connectivity index (χ1) is 12.3. The van der Waals surface area contributed by atoms with E-state index in [-0.39, 0.29) is 0 Å². The molecule has 2 aromatic heterocycles. The molecule has 0 amide bonds. The third-order valence-corrected chi connectivity index (χ3v) is 5.64. The lowest BCUT2D eigenvalue weighted by molar-refractivity contribution is 0.110. The summed E-state index contributed by atoms with van der Waals surface area (Å²) in [5, 5.41) is 4.88. The number of benzene rings is 1. The minimum atomic E-state index is 0.484. The largest absolute Gasteiger partial charge is 0.376 e. The fraction of sp³-hybridized carbons (Fsp3) is 0.381. The third-order valence-electron chi connectivity index (χ3n) is 5.64. The molecule has 4 heterocycles. The molecule has 1 saturated heterocycles. The summed E-state index contributed by atoms with van der Waals surface area (Å²) in [6.45, 7) is 4.80. The number of ether oxygens (including phenoxy) is 1. The Hall–Kier alpha value is -2.17. The van der Waals surface area contributed by atoms with Gasteiger partial charge in [-0.15, -0.1) is 0 Å². The zero-order valence-electron chi connectivity index (χ0n) is 14.6. The second kappa shape index (κ2) is 5.97. The molecule has 0 saturated carbocycles. The summed E-state index contributed by atoms with van der Waals surface area (Å²) < 4.78 is 5.74. The lowest BCUT2D eigenvalue weighted by Gasteiger charge is -2.24. The highest BCUT2D eigenvalue weighted by molar-refractivity contribution is 5.84. The maximum atomic E-state index is 5.74. The molecule has 4 nitrogen and oxygen atoms in total. The summed E-state index contributed by atoms with van der Waals surface area (Å²) in [4.78, 5) is 7.85. The second-order valence-electron chi connectivity index (χ2n) is 7.25.